The number of hydrogen-bond donors (Lipinski definition) is 3. The van der Waals surface area contributed by atoms with Crippen LogP contribution in [-0.4, -0.2) is 22.2 Å². The molecule has 82 valence electrons. The second-order valence-corrected chi connectivity index (χ2v) is 3.33. The zero-order chi connectivity index (χ0) is 11.6. The number of carbonyl (C=O) groups is 1. The van der Waals surface area contributed by atoms with Crippen LogP contribution in [0.2, 0.25) is 0 Å². The first-order valence-corrected chi connectivity index (χ1v) is 4.36. The molecule has 5 heteroatoms. The predicted octanol–water partition coefficient (Wildman–Crippen LogP) is 0.579. The lowest BCUT2D eigenvalue weighted by atomic mass is 10.0. The van der Waals surface area contributed by atoms with E-state index in [0.29, 0.717) is 5.56 Å². The van der Waals surface area contributed by atoms with Crippen molar-refractivity contribution in [2.75, 3.05) is 0 Å². The Labute approximate surface area is 86.1 Å². The first kappa shape index (κ1) is 11.6. The Morgan fingerprint density at radius 1 is 1.53 bits per heavy atom. The summed E-state index contributed by atoms with van der Waals surface area (Å²) in [6.07, 6.45) is -1.54. The van der Waals surface area contributed by atoms with Gasteiger partial charge < -0.3 is 15.9 Å². The zero-order valence-corrected chi connectivity index (χ0v) is 8.14. The van der Waals surface area contributed by atoms with E-state index in [4.69, 9.17) is 10.8 Å². The van der Waals surface area contributed by atoms with Crippen molar-refractivity contribution in [3.05, 3.63) is 35.1 Å². The van der Waals surface area contributed by atoms with E-state index in [1.807, 2.05) is 0 Å². The highest BCUT2D eigenvalue weighted by Crippen LogP contribution is 2.20. The SMILES string of the molecule is Cc1ccc(C(O)C(N)C(=O)O)c(F)c1. The Bertz CT molecular complexity index is 381. The molecule has 0 aliphatic heterocycles. The minimum absolute atomic E-state index is 0.101. The van der Waals surface area contributed by atoms with Crippen molar-refractivity contribution in [3.8, 4) is 0 Å². The summed E-state index contributed by atoms with van der Waals surface area (Å²) < 4.78 is 13.3. The molecule has 0 heterocycles. The summed E-state index contributed by atoms with van der Waals surface area (Å²) in [7, 11) is 0. The third kappa shape index (κ3) is 2.51. The highest BCUT2D eigenvalue weighted by molar-refractivity contribution is 5.74. The Balaban J connectivity index is 3.01. The van der Waals surface area contributed by atoms with Crippen molar-refractivity contribution < 1.29 is 19.4 Å². The Morgan fingerprint density at radius 2 is 2.13 bits per heavy atom. The fraction of sp³-hybridized carbons (Fsp3) is 0.300. The highest BCUT2D eigenvalue weighted by Gasteiger charge is 2.25. The number of nitrogens with two attached hydrogens (primary N) is 1. The summed E-state index contributed by atoms with van der Waals surface area (Å²) in [6.45, 7) is 1.69. The Kier molecular flexibility index (Phi) is 3.39. The molecule has 0 aromatic heterocycles. The van der Waals surface area contributed by atoms with Gasteiger partial charge in [-0.25, -0.2) is 4.39 Å². The van der Waals surface area contributed by atoms with Gasteiger partial charge in [-0.3, -0.25) is 4.79 Å². The lowest BCUT2D eigenvalue weighted by Crippen LogP contribution is -2.36. The molecule has 0 aliphatic rings. The van der Waals surface area contributed by atoms with Gasteiger partial charge in [-0.2, -0.15) is 0 Å². The number of aryl methyl sites for hydroxylation is 1. The van der Waals surface area contributed by atoms with Crippen LogP contribution in [0.3, 0.4) is 0 Å². The molecular weight excluding hydrogens is 201 g/mol. The number of aliphatic carboxylic acids is 1. The maximum Gasteiger partial charge on any atom is 0.323 e. The van der Waals surface area contributed by atoms with E-state index >= 15 is 0 Å². The maximum atomic E-state index is 13.3. The first-order valence-electron chi connectivity index (χ1n) is 4.36. The minimum Gasteiger partial charge on any atom is -0.480 e. The molecule has 0 aliphatic carbocycles. The number of aliphatic hydroxyl groups excluding tert-OH is 1. The topological polar surface area (TPSA) is 83.5 Å². The Hall–Kier alpha value is -1.46. The number of halogens is 1. The van der Waals surface area contributed by atoms with E-state index < -0.39 is 23.9 Å². The molecular formula is C10H12FNO3. The lowest BCUT2D eigenvalue weighted by Gasteiger charge is -2.16. The molecule has 1 aromatic carbocycles. The summed E-state index contributed by atoms with van der Waals surface area (Å²) in [6, 6.07) is 2.60. The minimum atomic E-state index is -1.54. The number of benzene rings is 1. The van der Waals surface area contributed by atoms with Gasteiger partial charge in [-0.15, -0.1) is 0 Å². The molecule has 1 rings (SSSR count). The summed E-state index contributed by atoms with van der Waals surface area (Å²) in [5, 5.41) is 18.0. The molecule has 1 aromatic rings. The molecule has 2 unspecified atom stereocenters. The quantitative estimate of drug-likeness (QED) is 0.685. The van der Waals surface area contributed by atoms with Gasteiger partial charge in [0.05, 0.1) is 0 Å². The van der Waals surface area contributed by atoms with Crippen molar-refractivity contribution in [1.29, 1.82) is 0 Å². The molecule has 0 saturated heterocycles. The molecule has 0 bridgehead atoms. The van der Waals surface area contributed by atoms with Gasteiger partial charge in [-0.1, -0.05) is 12.1 Å². The van der Waals surface area contributed by atoms with Crippen LogP contribution in [-0.2, 0) is 4.79 Å². The molecule has 2 atom stereocenters. The normalized spacial score (nSPS) is 14.7. The van der Waals surface area contributed by atoms with E-state index in [-0.39, 0.29) is 5.56 Å². The monoisotopic (exact) mass is 213 g/mol. The van der Waals surface area contributed by atoms with Crippen molar-refractivity contribution >= 4 is 5.97 Å². The van der Waals surface area contributed by atoms with Gasteiger partial charge in [0.2, 0.25) is 0 Å². The van der Waals surface area contributed by atoms with E-state index in [9.17, 15) is 14.3 Å². The van der Waals surface area contributed by atoms with Crippen LogP contribution in [0.5, 0.6) is 0 Å². The van der Waals surface area contributed by atoms with E-state index in [0.717, 1.165) is 0 Å². The van der Waals surface area contributed by atoms with Gasteiger partial charge in [0, 0.05) is 5.56 Å². The summed E-state index contributed by atoms with van der Waals surface area (Å²) in [5.74, 6) is -2.03. The molecule has 0 amide bonds. The van der Waals surface area contributed by atoms with Crippen molar-refractivity contribution in [1.82, 2.24) is 0 Å². The summed E-state index contributed by atoms with van der Waals surface area (Å²) in [4.78, 5) is 10.5. The molecule has 15 heavy (non-hydrogen) atoms. The second kappa shape index (κ2) is 4.37. The molecule has 0 radical (unpaired) electrons. The second-order valence-electron chi connectivity index (χ2n) is 3.33. The van der Waals surface area contributed by atoms with Crippen molar-refractivity contribution in [2.24, 2.45) is 5.73 Å². The van der Waals surface area contributed by atoms with E-state index in [1.165, 1.54) is 12.1 Å². The molecule has 4 nitrogen and oxygen atoms in total. The number of carboxylic acids is 1. The smallest absolute Gasteiger partial charge is 0.323 e. The lowest BCUT2D eigenvalue weighted by molar-refractivity contribution is -0.141. The van der Waals surface area contributed by atoms with Crippen LogP contribution in [0.4, 0.5) is 4.39 Å². The number of rotatable bonds is 3. The van der Waals surface area contributed by atoms with Gasteiger partial charge >= 0.3 is 5.97 Å². The first-order chi connectivity index (χ1) is 6.93. The predicted molar refractivity (Wildman–Crippen MR) is 51.7 cm³/mol. The van der Waals surface area contributed by atoms with Crippen LogP contribution in [0, 0.1) is 12.7 Å². The summed E-state index contributed by atoms with van der Waals surface area (Å²) in [5.41, 5.74) is 5.77. The standard InChI is InChI=1S/C10H12FNO3/c1-5-2-3-6(7(11)4-5)9(13)8(12)10(14)15/h2-4,8-9,13H,12H2,1H3,(H,14,15). The average Bonchev–Trinajstić information content (AvgIpc) is 2.15. The van der Waals surface area contributed by atoms with Crippen LogP contribution in [0.25, 0.3) is 0 Å². The Morgan fingerprint density at radius 3 is 2.60 bits per heavy atom. The van der Waals surface area contributed by atoms with E-state index in [1.54, 1.807) is 13.0 Å². The number of aliphatic hydroxyl groups is 1. The van der Waals surface area contributed by atoms with Crippen LogP contribution < -0.4 is 5.73 Å². The summed E-state index contributed by atoms with van der Waals surface area (Å²) >= 11 is 0. The van der Waals surface area contributed by atoms with Gasteiger partial charge in [0.15, 0.2) is 0 Å². The van der Waals surface area contributed by atoms with Gasteiger partial charge in [-0.05, 0) is 18.6 Å². The third-order valence-corrected chi connectivity index (χ3v) is 2.10. The molecule has 0 saturated carbocycles. The fourth-order valence-electron chi connectivity index (χ4n) is 1.20. The fourth-order valence-corrected chi connectivity index (χ4v) is 1.20. The highest BCUT2D eigenvalue weighted by atomic mass is 19.1. The average molecular weight is 213 g/mol. The molecule has 0 fully saturated rings. The molecule has 4 N–H and O–H groups in total. The van der Waals surface area contributed by atoms with Gasteiger partial charge in [0.25, 0.3) is 0 Å². The van der Waals surface area contributed by atoms with Crippen molar-refractivity contribution in [2.45, 2.75) is 19.1 Å². The van der Waals surface area contributed by atoms with E-state index in [2.05, 4.69) is 0 Å². The number of hydrogen-bond acceptors (Lipinski definition) is 3. The zero-order valence-electron chi connectivity index (χ0n) is 8.14. The van der Waals surface area contributed by atoms with Gasteiger partial charge in [0.1, 0.15) is 18.0 Å². The largest absolute Gasteiger partial charge is 0.480 e. The number of carboxylic acid groups (broad SMARTS) is 1. The third-order valence-electron chi connectivity index (χ3n) is 2.10. The van der Waals surface area contributed by atoms with Crippen LogP contribution >= 0.6 is 0 Å². The maximum absolute atomic E-state index is 13.3. The van der Waals surface area contributed by atoms with Crippen LogP contribution in [0.15, 0.2) is 18.2 Å². The van der Waals surface area contributed by atoms with Crippen molar-refractivity contribution in [3.63, 3.8) is 0 Å². The van der Waals surface area contributed by atoms with Crippen LogP contribution in [0.1, 0.15) is 17.2 Å². The molecule has 0 spiro atoms.